The minimum Gasteiger partial charge on any atom is -0.506 e. The molecule has 1 aromatic carbocycles. The molecule has 0 aliphatic carbocycles. The molecule has 2 aliphatic rings. The van der Waals surface area contributed by atoms with Crippen molar-refractivity contribution in [3.8, 4) is 5.75 Å². The number of rotatable bonds is 6. The highest BCUT2D eigenvalue weighted by molar-refractivity contribution is 5.98. The first-order valence-corrected chi connectivity index (χ1v) is 10.7. The van der Waals surface area contributed by atoms with Gasteiger partial charge in [0.2, 0.25) is 5.78 Å². The summed E-state index contributed by atoms with van der Waals surface area (Å²) in [6.45, 7) is 9.85. The van der Waals surface area contributed by atoms with Crippen LogP contribution in [0.1, 0.15) is 34.6 Å². The fourth-order valence-corrected chi connectivity index (χ4v) is 4.65. The number of phenolic OH excluding ortho intramolecular Hbond substituents is 1. The Kier molecular flexibility index (Phi) is 5.92. The van der Waals surface area contributed by atoms with E-state index in [2.05, 4.69) is 23.3 Å². The maximum atomic E-state index is 13.0. The van der Waals surface area contributed by atoms with E-state index in [-0.39, 0.29) is 11.9 Å². The van der Waals surface area contributed by atoms with Crippen LogP contribution in [0.4, 0.5) is 5.69 Å². The maximum Gasteiger partial charge on any atom is 0.218 e. The number of hydrogen-bond acceptors (Lipinski definition) is 4. The van der Waals surface area contributed by atoms with E-state index >= 15 is 0 Å². The van der Waals surface area contributed by atoms with Crippen molar-refractivity contribution in [2.24, 2.45) is 0 Å². The first kappa shape index (κ1) is 20.0. The number of carbonyl (C=O) groups is 1. The van der Waals surface area contributed by atoms with Crippen LogP contribution in [0.25, 0.3) is 0 Å². The van der Waals surface area contributed by atoms with Crippen molar-refractivity contribution < 1.29 is 19.5 Å². The highest BCUT2D eigenvalue weighted by Gasteiger charge is 2.26. The number of Topliss-reactive ketones (excluding diaryl/α,β-unsaturated/α-hetero) is 1. The lowest BCUT2D eigenvalue weighted by Gasteiger charge is -2.33. The highest BCUT2D eigenvalue weighted by atomic mass is 16.5. The summed E-state index contributed by atoms with van der Waals surface area (Å²) < 4.78 is 8.03. The minimum atomic E-state index is 0.225. The van der Waals surface area contributed by atoms with E-state index in [0.29, 0.717) is 12.3 Å². The molecular formula is C23H32N3O3+. The van der Waals surface area contributed by atoms with Crippen molar-refractivity contribution in [1.29, 1.82) is 0 Å². The number of aromatic nitrogens is 1. The van der Waals surface area contributed by atoms with Crippen LogP contribution in [0.3, 0.4) is 0 Å². The molecule has 2 aromatic rings. The largest absolute Gasteiger partial charge is 0.506 e. The molecule has 2 saturated heterocycles. The third kappa shape index (κ3) is 4.33. The van der Waals surface area contributed by atoms with E-state index in [1.54, 1.807) is 6.07 Å². The predicted octanol–water partition coefficient (Wildman–Crippen LogP) is 1.58. The van der Waals surface area contributed by atoms with Crippen molar-refractivity contribution in [3.63, 3.8) is 0 Å². The van der Waals surface area contributed by atoms with Gasteiger partial charge in [0.1, 0.15) is 12.3 Å². The number of ether oxygens (including phenoxy) is 1. The van der Waals surface area contributed by atoms with E-state index < -0.39 is 0 Å². The summed E-state index contributed by atoms with van der Waals surface area (Å²) in [4.78, 5) is 16.5. The van der Waals surface area contributed by atoms with Crippen LogP contribution in [0.2, 0.25) is 0 Å². The quantitative estimate of drug-likeness (QED) is 0.726. The number of ketones is 1. The van der Waals surface area contributed by atoms with Gasteiger partial charge in [-0.25, -0.2) is 0 Å². The first-order chi connectivity index (χ1) is 14.0. The van der Waals surface area contributed by atoms with E-state index in [4.69, 9.17) is 4.74 Å². The molecule has 0 unspecified atom stereocenters. The highest BCUT2D eigenvalue weighted by Crippen LogP contribution is 2.26. The minimum absolute atomic E-state index is 0.225. The van der Waals surface area contributed by atoms with Crippen molar-refractivity contribution in [2.45, 2.75) is 39.3 Å². The van der Waals surface area contributed by atoms with Gasteiger partial charge in [0, 0.05) is 30.1 Å². The zero-order chi connectivity index (χ0) is 20.4. The number of piperazine rings is 1. The lowest BCUT2D eigenvalue weighted by molar-refractivity contribution is -0.892. The number of para-hydroxylation sites is 2. The summed E-state index contributed by atoms with van der Waals surface area (Å²) in [6, 6.07) is 9.52. The molecule has 1 atom stereocenters. The Hall–Kier alpha value is -2.31. The molecule has 3 heterocycles. The number of hydrogen-bond donors (Lipinski definition) is 2. The van der Waals surface area contributed by atoms with Crippen LogP contribution < -0.4 is 9.80 Å². The van der Waals surface area contributed by atoms with Gasteiger partial charge >= 0.3 is 0 Å². The van der Waals surface area contributed by atoms with Gasteiger partial charge in [0.25, 0.3) is 0 Å². The molecule has 29 heavy (non-hydrogen) atoms. The molecule has 0 saturated carbocycles. The molecule has 2 aliphatic heterocycles. The van der Waals surface area contributed by atoms with Crippen molar-refractivity contribution in [2.75, 3.05) is 44.2 Å². The third-order valence-corrected chi connectivity index (χ3v) is 6.39. The summed E-state index contributed by atoms with van der Waals surface area (Å²) in [7, 11) is 0. The molecule has 0 spiro atoms. The summed E-state index contributed by atoms with van der Waals surface area (Å²) in [6.07, 6.45) is 2.51. The normalized spacial score (nSPS) is 20.3. The van der Waals surface area contributed by atoms with Crippen LogP contribution in [-0.2, 0) is 11.3 Å². The second kappa shape index (κ2) is 8.59. The summed E-state index contributed by atoms with van der Waals surface area (Å²) in [5.41, 5.74) is 3.95. The Bertz CT molecular complexity index is 862. The number of nitrogens with zero attached hydrogens (tertiary/aromatic N) is 2. The Labute approximate surface area is 172 Å². The number of aromatic hydroxyl groups is 1. The average Bonchev–Trinajstić information content (AvgIpc) is 3.33. The number of aryl methyl sites for hydroxylation is 1. The topological polar surface area (TPSA) is 59.1 Å². The zero-order valence-electron chi connectivity index (χ0n) is 17.5. The number of phenols is 1. The van der Waals surface area contributed by atoms with Crippen molar-refractivity contribution in [3.05, 3.63) is 47.3 Å². The molecule has 4 rings (SSSR count). The predicted molar refractivity (Wildman–Crippen MR) is 113 cm³/mol. The Balaban J connectivity index is 1.36. The number of benzene rings is 1. The lowest BCUT2D eigenvalue weighted by atomic mass is 10.1. The monoisotopic (exact) mass is 398 g/mol. The molecule has 2 fully saturated rings. The second-order valence-electron chi connectivity index (χ2n) is 8.36. The van der Waals surface area contributed by atoms with Gasteiger partial charge in [-0.3, -0.25) is 4.79 Å². The van der Waals surface area contributed by atoms with Gasteiger partial charge in [0.05, 0.1) is 38.0 Å². The van der Waals surface area contributed by atoms with E-state index in [0.717, 1.165) is 74.8 Å². The average molecular weight is 399 g/mol. The van der Waals surface area contributed by atoms with Crippen molar-refractivity contribution >= 4 is 11.5 Å². The second-order valence-corrected chi connectivity index (χ2v) is 8.36. The zero-order valence-corrected chi connectivity index (χ0v) is 17.5. The van der Waals surface area contributed by atoms with Gasteiger partial charge in [0.15, 0.2) is 0 Å². The summed E-state index contributed by atoms with van der Waals surface area (Å²) in [5.74, 6) is 0.549. The van der Waals surface area contributed by atoms with Gasteiger partial charge < -0.3 is 24.2 Å². The van der Waals surface area contributed by atoms with Gasteiger partial charge in [-0.1, -0.05) is 12.1 Å². The molecule has 2 N–H and O–H groups in total. The molecule has 0 radical (unpaired) electrons. The van der Waals surface area contributed by atoms with Crippen LogP contribution in [0.5, 0.6) is 5.75 Å². The SMILES string of the molecule is Cc1cc(C(=O)C[NH+]2CCN(c3ccccc3O)CC2)c(C)n1C[C@H]1CCCO1. The lowest BCUT2D eigenvalue weighted by Crippen LogP contribution is -3.15. The van der Waals surface area contributed by atoms with E-state index in [1.165, 1.54) is 4.90 Å². The van der Waals surface area contributed by atoms with Gasteiger partial charge in [-0.15, -0.1) is 0 Å². The standard InChI is InChI=1S/C23H31N3O3/c1-17-14-20(18(2)26(17)15-19-6-5-13-29-19)23(28)16-24-9-11-25(12-10-24)21-7-3-4-8-22(21)27/h3-4,7-8,14,19,27H,5-6,9-13,15-16H2,1-2H3/p+1/t19-/m1/s1. The van der Waals surface area contributed by atoms with Crippen molar-refractivity contribution in [1.82, 2.24) is 4.57 Å². The molecule has 156 valence electrons. The van der Waals surface area contributed by atoms with E-state index in [1.807, 2.05) is 24.3 Å². The summed E-state index contributed by atoms with van der Waals surface area (Å²) >= 11 is 0. The summed E-state index contributed by atoms with van der Waals surface area (Å²) in [5, 5.41) is 10.1. The molecule has 0 bridgehead atoms. The van der Waals surface area contributed by atoms with E-state index in [9.17, 15) is 9.90 Å². The smallest absolute Gasteiger partial charge is 0.218 e. The molecule has 6 heteroatoms. The molecule has 0 amide bonds. The maximum absolute atomic E-state index is 13.0. The third-order valence-electron chi connectivity index (χ3n) is 6.39. The van der Waals surface area contributed by atoms with Crippen LogP contribution >= 0.6 is 0 Å². The van der Waals surface area contributed by atoms with Gasteiger partial charge in [-0.05, 0) is 44.9 Å². The molecule has 6 nitrogen and oxygen atoms in total. The van der Waals surface area contributed by atoms with Crippen LogP contribution in [0, 0.1) is 13.8 Å². The fraction of sp³-hybridized carbons (Fsp3) is 0.522. The Morgan fingerprint density at radius 2 is 2.00 bits per heavy atom. The number of anilines is 1. The number of quaternary nitrogens is 1. The van der Waals surface area contributed by atoms with Gasteiger partial charge in [-0.2, -0.15) is 0 Å². The molecular weight excluding hydrogens is 366 g/mol. The number of nitrogens with one attached hydrogen (secondary N) is 1. The molecule has 1 aromatic heterocycles. The number of carbonyl (C=O) groups excluding carboxylic acids is 1. The fourth-order valence-electron chi connectivity index (χ4n) is 4.65. The Morgan fingerprint density at radius 1 is 1.24 bits per heavy atom. The Morgan fingerprint density at radius 3 is 2.69 bits per heavy atom. The van der Waals surface area contributed by atoms with Crippen LogP contribution in [-0.4, -0.2) is 60.9 Å². The first-order valence-electron chi connectivity index (χ1n) is 10.7. The van der Waals surface area contributed by atoms with Crippen LogP contribution in [0.15, 0.2) is 30.3 Å².